The third kappa shape index (κ3) is 3.94. The van der Waals surface area contributed by atoms with Gasteiger partial charge in [0.15, 0.2) is 0 Å². The summed E-state index contributed by atoms with van der Waals surface area (Å²) < 4.78 is 31.6. The van der Waals surface area contributed by atoms with Crippen LogP contribution in [0, 0.1) is 0 Å². The Kier molecular flexibility index (Phi) is 6.45. The highest BCUT2D eigenvalue weighted by atomic mass is 32.2. The van der Waals surface area contributed by atoms with E-state index in [1.165, 1.54) is 23.5 Å². The maximum absolute atomic E-state index is 12.6. The minimum Gasteiger partial charge on any atom is -0.497 e. The number of aliphatic hydroxyl groups excluding tert-OH is 1. The van der Waals surface area contributed by atoms with Crippen molar-refractivity contribution in [3.8, 4) is 5.75 Å². The second-order valence-corrected chi connectivity index (χ2v) is 6.57. The zero-order chi connectivity index (χ0) is 15.2. The lowest BCUT2D eigenvalue weighted by Gasteiger charge is -2.27. The average molecular weight is 301 g/mol. The molecule has 0 aliphatic carbocycles. The highest BCUT2D eigenvalue weighted by Gasteiger charge is 2.28. The molecule has 0 radical (unpaired) electrons. The van der Waals surface area contributed by atoms with Gasteiger partial charge in [0, 0.05) is 12.6 Å². The number of nitrogens with zero attached hydrogens (tertiary/aromatic N) is 1. The van der Waals surface area contributed by atoms with Crippen molar-refractivity contribution >= 4 is 10.0 Å². The van der Waals surface area contributed by atoms with Crippen LogP contribution in [0.1, 0.15) is 26.7 Å². The van der Waals surface area contributed by atoms with Gasteiger partial charge in [-0.25, -0.2) is 8.42 Å². The van der Waals surface area contributed by atoms with Gasteiger partial charge in [-0.2, -0.15) is 4.31 Å². The first-order valence-corrected chi connectivity index (χ1v) is 8.18. The smallest absolute Gasteiger partial charge is 0.243 e. The molecule has 0 saturated carbocycles. The summed E-state index contributed by atoms with van der Waals surface area (Å²) in [5.74, 6) is 0.610. The normalized spacial score (nSPS) is 13.4. The maximum atomic E-state index is 12.6. The van der Waals surface area contributed by atoms with Gasteiger partial charge in [-0.05, 0) is 37.6 Å². The summed E-state index contributed by atoms with van der Waals surface area (Å²) in [6.07, 6.45) is 1.66. The van der Waals surface area contributed by atoms with E-state index in [-0.39, 0.29) is 11.5 Å². The molecule has 1 aromatic carbocycles. The number of sulfonamides is 1. The lowest BCUT2D eigenvalue weighted by atomic mass is 10.3. The molecule has 0 bridgehead atoms. The number of hydrogen-bond donors (Lipinski definition) is 1. The average Bonchev–Trinajstić information content (AvgIpc) is 2.47. The van der Waals surface area contributed by atoms with Gasteiger partial charge < -0.3 is 9.84 Å². The van der Waals surface area contributed by atoms with E-state index in [1.807, 2.05) is 6.92 Å². The topological polar surface area (TPSA) is 66.8 Å². The number of aliphatic hydroxyl groups is 1. The molecule has 0 unspecified atom stereocenters. The van der Waals surface area contributed by atoms with Crippen LogP contribution in [0.25, 0.3) is 0 Å². The SMILES string of the molecule is CCCCN([C@H](C)CO)S(=O)(=O)c1ccc(OC)cc1. The van der Waals surface area contributed by atoms with Gasteiger partial charge in [0.25, 0.3) is 0 Å². The summed E-state index contributed by atoms with van der Waals surface area (Å²) in [6.45, 7) is 3.92. The molecule has 0 aromatic heterocycles. The summed E-state index contributed by atoms with van der Waals surface area (Å²) >= 11 is 0. The third-order valence-corrected chi connectivity index (χ3v) is 5.18. The molecule has 1 aromatic rings. The Hall–Kier alpha value is -1.11. The molecule has 1 rings (SSSR count). The molecule has 0 spiro atoms. The second-order valence-electron chi connectivity index (χ2n) is 4.68. The van der Waals surface area contributed by atoms with Crippen molar-refractivity contribution in [3.05, 3.63) is 24.3 Å². The zero-order valence-corrected chi connectivity index (χ0v) is 13.1. The van der Waals surface area contributed by atoms with Gasteiger partial charge in [0.1, 0.15) is 5.75 Å². The predicted molar refractivity (Wildman–Crippen MR) is 78.3 cm³/mol. The Morgan fingerprint density at radius 3 is 2.35 bits per heavy atom. The fraction of sp³-hybridized carbons (Fsp3) is 0.571. The number of unbranched alkanes of at least 4 members (excludes halogenated alkanes) is 1. The lowest BCUT2D eigenvalue weighted by molar-refractivity contribution is 0.197. The van der Waals surface area contributed by atoms with Gasteiger partial charge >= 0.3 is 0 Å². The molecule has 0 aliphatic rings. The molecule has 1 atom stereocenters. The van der Waals surface area contributed by atoms with Crippen molar-refractivity contribution in [2.75, 3.05) is 20.3 Å². The minimum atomic E-state index is -3.59. The first kappa shape index (κ1) is 16.9. The fourth-order valence-corrected chi connectivity index (χ4v) is 3.53. The number of benzene rings is 1. The largest absolute Gasteiger partial charge is 0.497 e. The number of hydrogen-bond acceptors (Lipinski definition) is 4. The van der Waals surface area contributed by atoms with Crippen molar-refractivity contribution in [2.24, 2.45) is 0 Å². The molecule has 0 aliphatic heterocycles. The number of ether oxygens (including phenoxy) is 1. The van der Waals surface area contributed by atoms with E-state index in [0.29, 0.717) is 12.3 Å². The summed E-state index contributed by atoms with van der Waals surface area (Å²) in [7, 11) is -2.06. The van der Waals surface area contributed by atoms with E-state index in [9.17, 15) is 13.5 Å². The molecule has 6 heteroatoms. The Bertz CT molecular complexity index is 498. The molecule has 5 nitrogen and oxygen atoms in total. The molecule has 0 heterocycles. The van der Waals surface area contributed by atoms with Crippen LogP contribution in [0.2, 0.25) is 0 Å². The van der Waals surface area contributed by atoms with Gasteiger partial charge in [0.2, 0.25) is 10.0 Å². The standard InChI is InChI=1S/C14H23NO4S/c1-4-5-10-15(12(2)11-16)20(17,18)14-8-6-13(19-3)7-9-14/h6-9,12,16H,4-5,10-11H2,1-3H3/t12-/m1/s1. The van der Waals surface area contributed by atoms with E-state index in [2.05, 4.69) is 0 Å². The maximum Gasteiger partial charge on any atom is 0.243 e. The summed E-state index contributed by atoms with van der Waals surface area (Å²) in [4.78, 5) is 0.217. The van der Waals surface area contributed by atoms with Crippen molar-refractivity contribution in [2.45, 2.75) is 37.6 Å². The van der Waals surface area contributed by atoms with Gasteiger partial charge in [-0.3, -0.25) is 0 Å². The summed E-state index contributed by atoms with van der Waals surface area (Å²) in [5, 5.41) is 9.27. The van der Waals surface area contributed by atoms with E-state index in [1.54, 1.807) is 19.1 Å². The summed E-state index contributed by atoms with van der Waals surface area (Å²) in [6, 6.07) is 5.85. The highest BCUT2D eigenvalue weighted by molar-refractivity contribution is 7.89. The van der Waals surface area contributed by atoms with E-state index in [4.69, 9.17) is 4.74 Å². The number of rotatable bonds is 8. The van der Waals surface area contributed by atoms with Crippen molar-refractivity contribution in [1.82, 2.24) is 4.31 Å². The highest BCUT2D eigenvalue weighted by Crippen LogP contribution is 2.21. The zero-order valence-electron chi connectivity index (χ0n) is 12.2. The van der Waals surface area contributed by atoms with E-state index in [0.717, 1.165) is 12.8 Å². The first-order chi connectivity index (χ1) is 9.47. The van der Waals surface area contributed by atoms with Crippen LogP contribution in [0.15, 0.2) is 29.2 Å². The van der Waals surface area contributed by atoms with Crippen LogP contribution in [0.5, 0.6) is 5.75 Å². The van der Waals surface area contributed by atoms with Crippen LogP contribution < -0.4 is 4.74 Å². The Morgan fingerprint density at radius 1 is 1.30 bits per heavy atom. The minimum absolute atomic E-state index is 0.195. The monoisotopic (exact) mass is 301 g/mol. The van der Waals surface area contributed by atoms with Gasteiger partial charge in [-0.15, -0.1) is 0 Å². The Morgan fingerprint density at radius 2 is 1.90 bits per heavy atom. The van der Waals surface area contributed by atoms with Crippen LogP contribution in [-0.4, -0.2) is 44.1 Å². The third-order valence-electron chi connectivity index (χ3n) is 3.15. The number of methoxy groups -OCH3 is 1. The molecular weight excluding hydrogens is 278 g/mol. The first-order valence-electron chi connectivity index (χ1n) is 6.74. The quantitative estimate of drug-likeness (QED) is 0.796. The molecule has 0 amide bonds. The predicted octanol–water partition coefficient (Wildman–Crippen LogP) is 1.87. The Balaban J connectivity index is 3.07. The lowest BCUT2D eigenvalue weighted by Crippen LogP contribution is -2.41. The molecule has 114 valence electrons. The van der Waals surface area contributed by atoms with Crippen molar-refractivity contribution in [1.29, 1.82) is 0 Å². The second kappa shape index (κ2) is 7.61. The van der Waals surface area contributed by atoms with Gasteiger partial charge in [0.05, 0.1) is 18.6 Å². The molecule has 1 N–H and O–H groups in total. The fourth-order valence-electron chi connectivity index (χ4n) is 1.87. The van der Waals surface area contributed by atoms with E-state index >= 15 is 0 Å². The molecule has 20 heavy (non-hydrogen) atoms. The van der Waals surface area contributed by atoms with Crippen molar-refractivity contribution in [3.63, 3.8) is 0 Å². The molecule has 0 fully saturated rings. The van der Waals surface area contributed by atoms with Gasteiger partial charge in [-0.1, -0.05) is 13.3 Å². The van der Waals surface area contributed by atoms with Crippen LogP contribution in [0.4, 0.5) is 0 Å². The Labute approximate surface area is 121 Å². The van der Waals surface area contributed by atoms with Crippen LogP contribution in [0.3, 0.4) is 0 Å². The molecule has 0 saturated heterocycles. The molecular formula is C14H23NO4S. The summed E-state index contributed by atoms with van der Waals surface area (Å²) in [5.41, 5.74) is 0. The van der Waals surface area contributed by atoms with Crippen LogP contribution >= 0.6 is 0 Å². The van der Waals surface area contributed by atoms with Crippen LogP contribution in [-0.2, 0) is 10.0 Å². The van der Waals surface area contributed by atoms with E-state index < -0.39 is 16.1 Å². The van der Waals surface area contributed by atoms with Crippen molar-refractivity contribution < 1.29 is 18.3 Å².